The van der Waals surface area contributed by atoms with Crippen molar-refractivity contribution in [1.29, 1.82) is 0 Å². The van der Waals surface area contributed by atoms with Crippen LogP contribution in [0, 0.1) is 10.1 Å². The molecule has 0 bridgehead atoms. The Labute approximate surface area is 150 Å². The van der Waals surface area contributed by atoms with E-state index in [9.17, 15) is 14.9 Å². The Morgan fingerprint density at radius 3 is 2.62 bits per heavy atom. The molecule has 0 radical (unpaired) electrons. The standard InChI is InChI=1S/C15H12BrClN2O5/c1-23-14-5-3-10(19(21)22)7-12(14)18-15(20)8-24-13-4-2-9(17)6-11(13)16/h2-7H,8H2,1H3,(H,18,20). The van der Waals surface area contributed by atoms with Crippen LogP contribution in [0.1, 0.15) is 0 Å². The maximum atomic E-state index is 12.0. The first kappa shape index (κ1) is 18.0. The second-order valence-corrected chi connectivity index (χ2v) is 5.84. The Kier molecular flexibility index (Phi) is 5.99. The summed E-state index contributed by atoms with van der Waals surface area (Å²) < 4.78 is 11.1. The average Bonchev–Trinajstić information content (AvgIpc) is 2.53. The number of hydrogen-bond acceptors (Lipinski definition) is 5. The summed E-state index contributed by atoms with van der Waals surface area (Å²) in [5.41, 5.74) is 0.0305. The predicted molar refractivity (Wildman–Crippen MR) is 92.9 cm³/mol. The number of nitrogens with zero attached hydrogens (tertiary/aromatic N) is 1. The predicted octanol–water partition coefficient (Wildman–Crippen LogP) is 4.04. The first-order valence-corrected chi connectivity index (χ1v) is 7.78. The van der Waals surface area contributed by atoms with E-state index in [0.717, 1.165) is 0 Å². The van der Waals surface area contributed by atoms with Gasteiger partial charge in [0.15, 0.2) is 6.61 Å². The quantitative estimate of drug-likeness (QED) is 0.568. The number of methoxy groups -OCH3 is 1. The third kappa shape index (κ3) is 4.59. The third-order valence-electron chi connectivity index (χ3n) is 2.92. The van der Waals surface area contributed by atoms with Crippen LogP contribution >= 0.6 is 27.5 Å². The first-order valence-electron chi connectivity index (χ1n) is 6.61. The molecule has 0 heterocycles. The molecule has 0 aromatic heterocycles. The van der Waals surface area contributed by atoms with E-state index >= 15 is 0 Å². The number of amides is 1. The van der Waals surface area contributed by atoms with Gasteiger partial charge in [0, 0.05) is 17.2 Å². The van der Waals surface area contributed by atoms with Crippen LogP contribution in [0.4, 0.5) is 11.4 Å². The Morgan fingerprint density at radius 1 is 1.29 bits per heavy atom. The van der Waals surface area contributed by atoms with Gasteiger partial charge in [-0.15, -0.1) is 0 Å². The second kappa shape index (κ2) is 7.98. The molecular weight excluding hydrogens is 404 g/mol. The fraction of sp³-hybridized carbons (Fsp3) is 0.133. The summed E-state index contributed by atoms with van der Waals surface area (Å²) in [7, 11) is 1.40. The molecule has 0 saturated carbocycles. The number of halogens is 2. The van der Waals surface area contributed by atoms with E-state index in [0.29, 0.717) is 21.0 Å². The monoisotopic (exact) mass is 414 g/mol. The van der Waals surface area contributed by atoms with E-state index in [4.69, 9.17) is 21.1 Å². The van der Waals surface area contributed by atoms with E-state index in [1.165, 1.54) is 25.3 Å². The van der Waals surface area contributed by atoms with Gasteiger partial charge in [-0.25, -0.2) is 0 Å². The highest BCUT2D eigenvalue weighted by Crippen LogP contribution is 2.30. The molecule has 0 fully saturated rings. The molecule has 0 atom stereocenters. The minimum atomic E-state index is -0.559. The van der Waals surface area contributed by atoms with Gasteiger partial charge in [-0.1, -0.05) is 11.6 Å². The molecular formula is C15H12BrClN2O5. The van der Waals surface area contributed by atoms with Gasteiger partial charge in [0.05, 0.1) is 22.2 Å². The Morgan fingerprint density at radius 2 is 2.00 bits per heavy atom. The van der Waals surface area contributed by atoms with Crippen molar-refractivity contribution in [2.75, 3.05) is 19.0 Å². The number of anilines is 1. The fourth-order valence-electron chi connectivity index (χ4n) is 1.83. The summed E-state index contributed by atoms with van der Waals surface area (Å²) in [6, 6.07) is 8.80. The number of non-ortho nitro benzene ring substituents is 1. The van der Waals surface area contributed by atoms with Gasteiger partial charge in [-0.3, -0.25) is 14.9 Å². The Hall–Kier alpha value is -2.32. The molecule has 24 heavy (non-hydrogen) atoms. The summed E-state index contributed by atoms with van der Waals surface area (Å²) in [6.07, 6.45) is 0. The van der Waals surface area contributed by atoms with Crippen LogP contribution < -0.4 is 14.8 Å². The molecule has 2 rings (SSSR count). The van der Waals surface area contributed by atoms with Gasteiger partial charge >= 0.3 is 0 Å². The number of carbonyl (C=O) groups is 1. The Balaban J connectivity index is 2.06. The van der Waals surface area contributed by atoms with Gasteiger partial charge < -0.3 is 14.8 Å². The zero-order valence-corrected chi connectivity index (χ0v) is 14.8. The number of ether oxygens (including phenoxy) is 2. The van der Waals surface area contributed by atoms with Crippen molar-refractivity contribution >= 4 is 44.8 Å². The topological polar surface area (TPSA) is 90.7 Å². The van der Waals surface area contributed by atoms with E-state index in [1.807, 2.05) is 0 Å². The number of benzene rings is 2. The maximum absolute atomic E-state index is 12.0. The third-order valence-corrected chi connectivity index (χ3v) is 3.78. The second-order valence-electron chi connectivity index (χ2n) is 4.55. The van der Waals surface area contributed by atoms with Gasteiger partial charge in [0.1, 0.15) is 11.5 Å². The van der Waals surface area contributed by atoms with Crippen molar-refractivity contribution in [3.8, 4) is 11.5 Å². The van der Waals surface area contributed by atoms with Crippen molar-refractivity contribution < 1.29 is 19.2 Å². The van der Waals surface area contributed by atoms with Crippen LogP contribution in [0.3, 0.4) is 0 Å². The van der Waals surface area contributed by atoms with Gasteiger partial charge in [0.25, 0.3) is 11.6 Å². The van der Waals surface area contributed by atoms with Gasteiger partial charge in [-0.05, 0) is 40.2 Å². The molecule has 7 nitrogen and oxygen atoms in total. The molecule has 9 heteroatoms. The fourth-order valence-corrected chi connectivity index (χ4v) is 2.63. The number of nitro benzene ring substituents is 1. The summed E-state index contributed by atoms with van der Waals surface area (Å²) in [5, 5.41) is 13.9. The smallest absolute Gasteiger partial charge is 0.271 e. The summed E-state index contributed by atoms with van der Waals surface area (Å²) in [6.45, 7) is -0.286. The van der Waals surface area contributed by atoms with Crippen molar-refractivity contribution in [2.45, 2.75) is 0 Å². The first-order chi connectivity index (χ1) is 11.4. The largest absolute Gasteiger partial charge is 0.495 e. The van der Waals surface area contributed by atoms with Crippen LogP contribution in [0.2, 0.25) is 5.02 Å². The highest BCUT2D eigenvalue weighted by atomic mass is 79.9. The lowest BCUT2D eigenvalue weighted by molar-refractivity contribution is -0.384. The lowest BCUT2D eigenvalue weighted by Gasteiger charge is -2.11. The van der Waals surface area contributed by atoms with E-state index in [1.54, 1.807) is 18.2 Å². The highest BCUT2D eigenvalue weighted by Gasteiger charge is 2.14. The number of nitro groups is 1. The molecule has 0 aliphatic carbocycles. The number of carbonyl (C=O) groups excluding carboxylic acids is 1. The van der Waals surface area contributed by atoms with E-state index in [-0.39, 0.29) is 18.0 Å². The molecule has 126 valence electrons. The van der Waals surface area contributed by atoms with E-state index < -0.39 is 10.8 Å². The molecule has 1 amide bonds. The Bertz CT molecular complexity index is 784. The molecule has 0 spiro atoms. The number of rotatable bonds is 6. The van der Waals surface area contributed by atoms with E-state index in [2.05, 4.69) is 21.2 Å². The highest BCUT2D eigenvalue weighted by molar-refractivity contribution is 9.10. The zero-order valence-electron chi connectivity index (χ0n) is 12.4. The summed E-state index contributed by atoms with van der Waals surface area (Å²) in [4.78, 5) is 22.3. The van der Waals surface area contributed by atoms with Crippen LogP contribution in [0.15, 0.2) is 40.9 Å². The zero-order chi connectivity index (χ0) is 17.7. The summed E-state index contributed by atoms with van der Waals surface area (Å²) in [5.74, 6) is 0.262. The molecule has 0 unspecified atom stereocenters. The van der Waals surface area contributed by atoms with Crippen molar-refractivity contribution in [3.05, 3.63) is 56.0 Å². The molecule has 0 aliphatic rings. The molecule has 2 aromatic carbocycles. The number of hydrogen-bond donors (Lipinski definition) is 1. The molecule has 1 N–H and O–H groups in total. The molecule has 0 aliphatic heterocycles. The number of nitrogens with one attached hydrogen (secondary N) is 1. The van der Waals surface area contributed by atoms with Crippen molar-refractivity contribution in [2.24, 2.45) is 0 Å². The van der Waals surface area contributed by atoms with Crippen LogP contribution in [0.25, 0.3) is 0 Å². The SMILES string of the molecule is COc1ccc([N+](=O)[O-])cc1NC(=O)COc1ccc(Cl)cc1Br. The lowest BCUT2D eigenvalue weighted by Crippen LogP contribution is -2.20. The van der Waals surface area contributed by atoms with Crippen molar-refractivity contribution in [1.82, 2.24) is 0 Å². The normalized spacial score (nSPS) is 10.1. The molecule has 2 aromatic rings. The minimum Gasteiger partial charge on any atom is -0.495 e. The lowest BCUT2D eigenvalue weighted by atomic mass is 10.2. The van der Waals surface area contributed by atoms with Crippen LogP contribution in [-0.4, -0.2) is 24.5 Å². The average molecular weight is 416 g/mol. The van der Waals surface area contributed by atoms with Gasteiger partial charge in [-0.2, -0.15) is 0 Å². The minimum absolute atomic E-state index is 0.160. The van der Waals surface area contributed by atoms with Crippen molar-refractivity contribution in [3.63, 3.8) is 0 Å². The molecule has 0 saturated heterocycles. The maximum Gasteiger partial charge on any atom is 0.271 e. The van der Waals surface area contributed by atoms with Crippen LogP contribution in [-0.2, 0) is 4.79 Å². The van der Waals surface area contributed by atoms with Crippen LogP contribution in [0.5, 0.6) is 11.5 Å². The summed E-state index contributed by atoms with van der Waals surface area (Å²) >= 11 is 9.10. The van der Waals surface area contributed by atoms with Gasteiger partial charge in [0.2, 0.25) is 0 Å².